The van der Waals surface area contributed by atoms with Crippen molar-refractivity contribution in [2.45, 2.75) is 45.3 Å². The molecule has 0 aliphatic heterocycles. The van der Waals surface area contributed by atoms with Crippen molar-refractivity contribution in [3.05, 3.63) is 58.2 Å². The van der Waals surface area contributed by atoms with Gasteiger partial charge in [0.2, 0.25) is 5.88 Å². The minimum absolute atomic E-state index is 0.120. The van der Waals surface area contributed by atoms with Crippen molar-refractivity contribution in [3.63, 3.8) is 0 Å². The molecule has 8 heteroatoms. The van der Waals surface area contributed by atoms with Crippen LogP contribution < -0.4 is 10.1 Å². The summed E-state index contributed by atoms with van der Waals surface area (Å²) in [6.45, 7) is 5.24. The number of aromatic nitrogens is 1. The number of carboxylic acid groups (broad SMARTS) is 1. The Balaban J connectivity index is 1.51. The van der Waals surface area contributed by atoms with E-state index in [1.165, 1.54) is 0 Å². The van der Waals surface area contributed by atoms with Crippen LogP contribution in [0.15, 0.2) is 46.9 Å². The van der Waals surface area contributed by atoms with Crippen LogP contribution in [0.4, 0.5) is 0 Å². The van der Waals surface area contributed by atoms with Gasteiger partial charge in [0.25, 0.3) is 5.91 Å². The molecule has 0 saturated heterocycles. The summed E-state index contributed by atoms with van der Waals surface area (Å²) in [4.78, 5) is 28.6. The van der Waals surface area contributed by atoms with E-state index in [1.807, 2.05) is 30.3 Å². The first-order chi connectivity index (χ1) is 15.4. The quantitative estimate of drug-likeness (QED) is 0.443. The van der Waals surface area contributed by atoms with E-state index in [1.54, 1.807) is 26.0 Å². The van der Waals surface area contributed by atoms with E-state index >= 15 is 0 Å². The maximum Gasteiger partial charge on any atom is 0.329 e. The minimum Gasteiger partial charge on any atom is -0.480 e. The standard InChI is InChI=1S/C24H29BrN2O5/c1-3-24(4-2,23(29)30)27-21(28)20-11-10-19(25)22(26-20)32-15-18-12-17(18)14-31-13-16-8-6-5-7-9-16/h5-11,17-18H,3-4,12-15H2,1-2H3,(H,27,28)(H,29,30)/t17-,18-/m0/s1. The van der Waals surface area contributed by atoms with Crippen LogP contribution in [-0.4, -0.2) is 40.7 Å². The van der Waals surface area contributed by atoms with Gasteiger partial charge in [-0.2, -0.15) is 0 Å². The molecule has 1 fully saturated rings. The van der Waals surface area contributed by atoms with Crippen molar-refractivity contribution in [2.24, 2.45) is 11.8 Å². The van der Waals surface area contributed by atoms with Crippen LogP contribution in [0.5, 0.6) is 5.88 Å². The Morgan fingerprint density at radius 3 is 2.47 bits per heavy atom. The van der Waals surface area contributed by atoms with Gasteiger partial charge in [-0.3, -0.25) is 4.79 Å². The summed E-state index contributed by atoms with van der Waals surface area (Å²) in [5.74, 6) is -0.431. The van der Waals surface area contributed by atoms with Gasteiger partial charge in [-0.25, -0.2) is 9.78 Å². The number of carbonyl (C=O) groups is 2. The summed E-state index contributed by atoms with van der Waals surface area (Å²) in [6, 6.07) is 13.3. The molecule has 2 aromatic rings. The molecule has 1 saturated carbocycles. The SMILES string of the molecule is CCC(CC)(NC(=O)c1ccc(Br)c(OC[C@@H]2C[C@H]2COCc2ccccc2)n1)C(=O)O. The second kappa shape index (κ2) is 10.9. The van der Waals surface area contributed by atoms with E-state index in [0.717, 1.165) is 12.0 Å². The molecule has 1 amide bonds. The van der Waals surface area contributed by atoms with Crippen LogP contribution >= 0.6 is 15.9 Å². The van der Waals surface area contributed by atoms with Crippen molar-refractivity contribution in [1.29, 1.82) is 0 Å². The number of amides is 1. The summed E-state index contributed by atoms with van der Waals surface area (Å²) < 4.78 is 12.3. The third-order valence-corrected chi connectivity index (χ3v) is 6.57. The molecular formula is C24H29BrN2O5. The second-order valence-electron chi connectivity index (χ2n) is 8.10. The number of ether oxygens (including phenoxy) is 2. The van der Waals surface area contributed by atoms with Crippen LogP contribution in [-0.2, 0) is 16.1 Å². The number of benzene rings is 1. The van der Waals surface area contributed by atoms with Crippen LogP contribution in [0, 0.1) is 11.8 Å². The van der Waals surface area contributed by atoms with E-state index in [0.29, 0.717) is 42.0 Å². The highest BCUT2D eigenvalue weighted by molar-refractivity contribution is 9.10. The molecular weight excluding hydrogens is 476 g/mol. The van der Waals surface area contributed by atoms with Gasteiger partial charge in [-0.1, -0.05) is 44.2 Å². The number of hydrogen-bond donors (Lipinski definition) is 2. The molecule has 1 aliphatic carbocycles. The Hall–Kier alpha value is -2.45. The number of hydrogen-bond acceptors (Lipinski definition) is 5. The number of halogens is 1. The number of nitrogens with zero attached hydrogens (tertiary/aromatic N) is 1. The predicted octanol–water partition coefficient (Wildman–Crippen LogP) is 4.45. The van der Waals surface area contributed by atoms with Gasteiger partial charge in [-0.05, 0) is 64.7 Å². The summed E-state index contributed by atoms with van der Waals surface area (Å²) in [7, 11) is 0. The normalized spacial score (nSPS) is 17.6. The lowest BCUT2D eigenvalue weighted by atomic mass is 9.93. The molecule has 3 rings (SSSR count). The van der Waals surface area contributed by atoms with Gasteiger partial charge >= 0.3 is 5.97 Å². The number of aliphatic carboxylic acids is 1. The van der Waals surface area contributed by atoms with E-state index in [4.69, 9.17) is 9.47 Å². The lowest BCUT2D eigenvalue weighted by molar-refractivity contribution is -0.144. The molecule has 0 unspecified atom stereocenters. The molecule has 172 valence electrons. The molecule has 0 bridgehead atoms. The van der Waals surface area contributed by atoms with Gasteiger partial charge in [0.1, 0.15) is 11.2 Å². The first kappa shape index (κ1) is 24.2. The molecule has 2 N–H and O–H groups in total. The Bertz CT molecular complexity index is 933. The Morgan fingerprint density at radius 2 is 1.81 bits per heavy atom. The molecule has 7 nitrogen and oxygen atoms in total. The zero-order valence-corrected chi connectivity index (χ0v) is 19.9. The van der Waals surface area contributed by atoms with Crippen LogP contribution in [0.1, 0.15) is 49.2 Å². The van der Waals surface area contributed by atoms with E-state index < -0.39 is 17.4 Å². The van der Waals surface area contributed by atoms with Gasteiger partial charge in [0, 0.05) is 0 Å². The topological polar surface area (TPSA) is 97.8 Å². The zero-order valence-electron chi connectivity index (χ0n) is 18.3. The third-order valence-electron chi connectivity index (χ3n) is 5.96. The van der Waals surface area contributed by atoms with Gasteiger partial charge in [-0.15, -0.1) is 0 Å². The predicted molar refractivity (Wildman–Crippen MR) is 124 cm³/mol. The maximum absolute atomic E-state index is 12.7. The number of nitrogens with one attached hydrogen (secondary N) is 1. The third kappa shape index (κ3) is 6.07. The number of carboxylic acids is 1. The molecule has 1 aromatic heterocycles. The van der Waals surface area contributed by atoms with Crippen LogP contribution in [0.2, 0.25) is 0 Å². The van der Waals surface area contributed by atoms with Crippen LogP contribution in [0.25, 0.3) is 0 Å². The fourth-order valence-corrected chi connectivity index (χ4v) is 3.86. The monoisotopic (exact) mass is 504 g/mol. The van der Waals surface area contributed by atoms with Crippen molar-refractivity contribution in [3.8, 4) is 5.88 Å². The van der Waals surface area contributed by atoms with Gasteiger partial charge in [0.15, 0.2) is 0 Å². The van der Waals surface area contributed by atoms with E-state index in [2.05, 4.69) is 26.2 Å². The van der Waals surface area contributed by atoms with E-state index in [9.17, 15) is 14.7 Å². The summed E-state index contributed by atoms with van der Waals surface area (Å²) >= 11 is 3.41. The Labute approximate surface area is 196 Å². The molecule has 32 heavy (non-hydrogen) atoms. The fourth-order valence-electron chi connectivity index (χ4n) is 3.52. The van der Waals surface area contributed by atoms with Crippen molar-refractivity contribution < 1.29 is 24.2 Å². The molecule has 2 atom stereocenters. The highest BCUT2D eigenvalue weighted by Gasteiger charge is 2.38. The lowest BCUT2D eigenvalue weighted by Crippen LogP contribution is -2.53. The van der Waals surface area contributed by atoms with Crippen molar-refractivity contribution in [2.75, 3.05) is 13.2 Å². The molecule has 1 aromatic carbocycles. The highest BCUT2D eigenvalue weighted by atomic mass is 79.9. The smallest absolute Gasteiger partial charge is 0.329 e. The number of rotatable bonds is 12. The first-order valence-corrected chi connectivity index (χ1v) is 11.6. The summed E-state index contributed by atoms with van der Waals surface area (Å²) in [6.07, 6.45) is 1.58. The van der Waals surface area contributed by atoms with Crippen molar-refractivity contribution >= 4 is 27.8 Å². The Kier molecular flexibility index (Phi) is 8.26. The average Bonchev–Trinajstić information content (AvgIpc) is 3.55. The number of pyridine rings is 1. The maximum atomic E-state index is 12.7. The molecule has 1 heterocycles. The summed E-state index contributed by atoms with van der Waals surface area (Å²) in [5, 5.41) is 12.2. The van der Waals surface area contributed by atoms with E-state index in [-0.39, 0.29) is 18.5 Å². The van der Waals surface area contributed by atoms with Crippen molar-refractivity contribution in [1.82, 2.24) is 10.3 Å². The van der Waals surface area contributed by atoms with Crippen LogP contribution in [0.3, 0.4) is 0 Å². The summed E-state index contributed by atoms with van der Waals surface area (Å²) in [5.41, 5.74) is -0.0371. The van der Waals surface area contributed by atoms with Gasteiger partial charge in [0.05, 0.1) is 24.3 Å². The second-order valence-corrected chi connectivity index (χ2v) is 8.95. The fraction of sp³-hybridized carbons (Fsp3) is 0.458. The molecule has 0 radical (unpaired) electrons. The number of carbonyl (C=O) groups excluding carboxylic acids is 1. The highest BCUT2D eigenvalue weighted by Crippen LogP contribution is 2.39. The zero-order chi connectivity index (χ0) is 23.1. The molecule has 1 aliphatic rings. The first-order valence-electron chi connectivity index (χ1n) is 10.9. The lowest BCUT2D eigenvalue weighted by Gasteiger charge is -2.27. The average molecular weight is 505 g/mol. The minimum atomic E-state index is -1.31. The van der Waals surface area contributed by atoms with Gasteiger partial charge < -0.3 is 19.9 Å². The Morgan fingerprint density at radius 1 is 1.12 bits per heavy atom. The largest absolute Gasteiger partial charge is 0.480 e. The molecule has 0 spiro atoms.